The molecule has 10 heteroatoms. The summed E-state index contributed by atoms with van der Waals surface area (Å²) in [7, 11) is 1.85. The van der Waals surface area contributed by atoms with Crippen LogP contribution in [0, 0.1) is 5.82 Å². The molecule has 0 saturated carbocycles. The largest absolute Gasteiger partial charge is 0.509 e. The minimum Gasteiger partial charge on any atom is -0.509 e. The Morgan fingerprint density at radius 1 is 0.750 bits per heavy atom. The summed E-state index contributed by atoms with van der Waals surface area (Å²) in [4.78, 5) is 0. The molecule has 0 heterocycles. The summed E-state index contributed by atoms with van der Waals surface area (Å²) >= 11 is 0. The number of rotatable bonds is 10. The molecule has 0 saturated heterocycles. The Hall–Kier alpha value is -4.15. The van der Waals surface area contributed by atoms with Crippen LogP contribution in [-0.4, -0.2) is 41.2 Å². The average Bonchev–Trinajstić information content (AvgIpc) is 2.85. The fraction of sp³-hybridized carbons (Fsp3) is 0.154. The van der Waals surface area contributed by atoms with Crippen LogP contribution in [0.15, 0.2) is 73.1 Å². The van der Waals surface area contributed by atoms with Gasteiger partial charge in [0.2, 0.25) is 0 Å². The van der Waals surface area contributed by atoms with Crippen LogP contribution in [0.4, 0.5) is 4.39 Å². The van der Waals surface area contributed by atoms with Crippen molar-refractivity contribution in [1.29, 1.82) is 0 Å². The molecule has 0 aliphatic carbocycles. The number of aromatic hydroxyl groups is 2. The highest BCUT2D eigenvalue weighted by Crippen LogP contribution is 2.18. The molecule has 0 bridgehead atoms. The molecular formula is C26H32BFN6O2. The quantitative estimate of drug-likeness (QED) is 0.139. The molecule has 0 radical (unpaired) electrons. The van der Waals surface area contributed by atoms with Gasteiger partial charge in [-0.1, -0.05) is 42.5 Å². The van der Waals surface area contributed by atoms with Crippen molar-refractivity contribution in [1.82, 2.24) is 10.0 Å². The fourth-order valence-electron chi connectivity index (χ4n) is 3.59. The molecule has 0 aliphatic rings. The maximum atomic E-state index is 13.5. The lowest BCUT2D eigenvalue weighted by Crippen LogP contribution is -2.28. The van der Waals surface area contributed by atoms with Crippen molar-refractivity contribution in [3.05, 3.63) is 101 Å². The van der Waals surface area contributed by atoms with Gasteiger partial charge < -0.3 is 31.7 Å². The van der Waals surface area contributed by atoms with Gasteiger partial charge in [-0.25, -0.2) is 16.1 Å². The molecule has 0 unspecified atom stereocenters. The van der Waals surface area contributed by atoms with E-state index in [9.17, 15) is 14.6 Å². The molecule has 0 aliphatic heterocycles. The smallest absolute Gasteiger partial charge is 0.165 e. The van der Waals surface area contributed by atoms with E-state index in [0.29, 0.717) is 42.9 Å². The first-order valence-corrected chi connectivity index (χ1v) is 11.5. The number of hydrogen-bond donors (Lipinski definition) is 6. The molecule has 188 valence electrons. The minimum atomic E-state index is -0.662. The lowest BCUT2D eigenvalue weighted by molar-refractivity contribution is 0.397. The van der Waals surface area contributed by atoms with Crippen molar-refractivity contribution in [2.24, 2.45) is 23.2 Å². The highest BCUT2D eigenvalue weighted by Gasteiger charge is 2.06. The molecule has 3 aromatic rings. The van der Waals surface area contributed by atoms with Gasteiger partial charge in [-0.2, -0.15) is 0 Å². The van der Waals surface area contributed by atoms with E-state index in [2.05, 4.69) is 0 Å². The molecule has 10 N–H and O–H groups in total. The first-order valence-electron chi connectivity index (χ1n) is 11.5. The second-order valence-corrected chi connectivity index (χ2v) is 8.63. The topological polar surface area (TPSA) is 151 Å². The molecule has 0 fully saturated rings. The van der Waals surface area contributed by atoms with E-state index >= 15 is 0 Å². The van der Waals surface area contributed by atoms with Crippen molar-refractivity contribution in [3.8, 4) is 11.5 Å². The Balaban J connectivity index is 1.55. The average molecular weight is 490 g/mol. The third-order valence-corrected chi connectivity index (χ3v) is 5.75. The highest BCUT2D eigenvalue weighted by atomic mass is 19.1. The number of hydrazine groups is 2. The summed E-state index contributed by atoms with van der Waals surface area (Å²) in [5.74, 6) is 11.3. The number of phenolic OH excluding ortho intramolecular Hbond substituents is 2. The number of halogens is 1. The molecule has 3 aromatic carbocycles. The number of nitrogens with two attached hydrogens (primary N) is 4. The molecule has 0 aromatic heterocycles. The summed E-state index contributed by atoms with van der Waals surface area (Å²) in [6, 6.07) is 17.1. The summed E-state index contributed by atoms with van der Waals surface area (Å²) < 4.78 is 13.5. The first-order chi connectivity index (χ1) is 17.1. The van der Waals surface area contributed by atoms with Crippen LogP contribution in [0.2, 0.25) is 0 Å². The normalized spacial score (nSPS) is 12.0. The third kappa shape index (κ3) is 7.43. The monoisotopic (exact) mass is 490 g/mol. The van der Waals surface area contributed by atoms with Crippen molar-refractivity contribution < 1.29 is 14.6 Å². The van der Waals surface area contributed by atoms with Gasteiger partial charge >= 0.3 is 0 Å². The minimum absolute atomic E-state index is 0.274. The van der Waals surface area contributed by atoms with Crippen LogP contribution in [0.25, 0.3) is 11.4 Å². The Bertz CT molecular complexity index is 1150. The Morgan fingerprint density at radius 2 is 1.19 bits per heavy atom. The maximum absolute atomic E-state index is 13.5. The molecule has 36 heavy (non-hydrogen) atoms. The van der Waals surface area contributed by atoms with Gasteiger partial charge in [-0.05, 0) is 58.8 Å². The van der Waals surface area contributed by atoms with Crippen LogP contribution >= 0.6 is 0 Å². The summed E-state index contributed by atoms with van der Waals surface area (Å²) in [5, 5.41) is 21.9. The van der Waals surface area contributed by atoms with Crippen molar-refractivity contribution in [3.63, 3.8) is 0 Å². The standard InChI is InChI=1S/C26H32BFN6O2/c27-21-13-17(1-7-25(21)35)9-11-33(31)15-23(29)19-3-5-20(6-4-19)24(30)16-34(32)12-10-18-2-8-26(36)22(28)14-18/h1-8,13-16,35-36H,9-12,27,29-32H2/b23-15-,24-16-. The second-order valence-electron chi connectivity index (χ2n) is 8.63. The number of hydrogen-bond acceptors (Lipinski definition) is 8. The van der Waals surface area contributed by atoms with Crippen LogP contribution < -0.4 is 28.6 Å². The molecule has 3 rings (SSSR count). The van der Waals surface area contributed by atoms with E-state index in [1.54, 1.807) is 24.5 Å². The zero-order valence-corrected chi connectivity index (χ0v) is 20.2. The zero-order chi connectivity index (χ0) is 26.2. The third-order valence-electron chi connectivity index (χ3n) is 5.75. The van der Waals surface area contributed by atoms with E-state index in [1.807, 2.05) is 44.2 Å². The lowest BCUT2D eigenvalue weighted by atomic mass is 9.92. The van der Waals surface area contributed by atoms with Gasteiger partial charge in [0.25, 0.3) is 0 Å². The van der Waals surface area contributed by atoms with Gasteiger partial charge in [0.1, 0.15) is 13.6 Å². The number of benzene rings is 3. The van der Waals surface area contributed by atoms with Gasteiger partial charge in [0, 0.05) is 25.5 Å². The maximum Gasteiger partial charge on any atom is 0.165 e. The Kier molecular flexibility index (Phi) is 8.83. The predicted octanol–water partition coefficient (Wildman–Crippen LogP) is 0.846. The SMILES string of the molecule is Bc1cc(CCN(N)/C=C(\N)c2ccc(/C(N)=C/N(N)CCc3ccc(O)c(F)c3)cc2)ccc1O. The first kappa shape index (κ1) is 26.5. The number of nitrogens with zero attached hydrogens (tertiary/aromatic N) is 2. The van der Waals surface area contributed by atoms with Crippen molar-refractivity contribution in [2.75, 3.05) is 13.1 Å². The summed E-state index contributed by atoms with van der Waals surface area (Å²) in [6.07, 6.45) is 4.48. The van der Waals surface area contributed by atoms with Gasteiger partial charge in [-0.15, -0.1) is 0 Å². The van der Waals surface area contributed by atoms with E-state index in [1.165, 1.54) is 22.2 Å². The number of phenols is 2. The van der Waals surface area contributed by atoms with Gasteiger partial charge in [-0.3, -0.25) is 0 Å². The molecule has 0 spiro atoms. The Labute approximate surface area is 211 Å². The van der Waals surface area contributed by atoms with Crippen LogP contribution in [-0.2, 0) is 12.8 Å². The van der Waals surface area contributed by atoms with E-state index in [4.69, 9.17) is 23.2 Å². The second kappa shape index (κ2) is 12.0. The van der Waals surface area contributed by atoms with Crippen molar-refractivity contribution in [2.45, 2.75) is 12.8 Å². The van der Waals surface area contributed by atoms with Crippen LogP contribution in [0.1, 0.15) is 22.3 Å². The molecule has 0 atom stereocenters. The van der Waals surface area contributed by atoms with Gasteiger partial charge in [0.05, 0.1) is 11.4 Å². The van der Waals surface area contributed by atoms with Crippen molar-refractivity contribution >= 4 is 24.7 Å². The Morgan fingerprint density at radius 3 is 1.64 bits per heavy atom. The molecule has 0 amide bonds. The highest BCUT2D eigenvalue weighted by molar-refractivity contribution is 6.34. The molecule has 8 nitrogen and oxygen atoms in total. The predicted molar refractivity (Wildman–Crippen MR) is 144 cm³/mol. The van der Waals surface area contributed by atoms with Crippen LogP contribution in [0.5, 0.6) is 11.5 Å². The summed E-state index contributed by atoms with van der Waals surface area (Å²) in [5.41, 5.74) is 17.6. The lowest BCUT2D eigenvalue weighted by Gasteiger charge is -2.16. The van der Waals surface area contributed by atoms with E-state index in [-0.39, 0.29) is 11.5 Å². The fourth-order valence-corrected chi connectivity index (χ4v) is 3.59. The zero-order valence-electron chi connectivity index (χ0n) is 20.2. The molecular weight excluding hydrogens is 458 g/mol. The van der Waals surface area contributed by atoms with E-state index in [0.717, 1.165) is 22.2 Å². The van der Waals surface area contributed by atoms with Crippen LogP contribution in [0.3, 0.4) is 0 Å². The summed E-state index contributed by atoms with van der Waals surface area (Å²) in [6.45, 7) is 0.969. The van der Waals surface area contributed by atoms with E-state index < -0.39 is 5.82 Å². The van der Waals surface area contributed by atoms with Gasteiger partial charge in [0.15, 0.2) is 11.6 Å².